The molecule has 0 radical (unpaired) electrons. The molecule has 1 amide bonds. The summed E-state index contributed by atoms with van der Waals surface area (Å²) in [6.45, 7) is 4.55. The van der Waals surface area contributed by atoms with E-state index in [9.17, 15) is 4.79 Å². The monoisotopic (exact) mass is 249 g/mol. The number of carbonyl (C=O) groups excluding carboxylic acids is 1. The lowest BCUT2D eigenvalue weighted by molar-refractivity contribution is 0.0704. The summed E-state index contributed by atoms with van der Waals surface area (Å²) < 4.78 is 1.15. The molecule has 0 aromatic carbocycles. The average molecular weight is 249 g/mol. The van der Waals surface area contributed by atoms with Crippen molar-refractivity contribution in [1.29, 1.82) is 0 Å². The molecule has 3 rings (SSSR count). The van der Waals surface area contributed by atoms with Crippen molar-refractivity contribution in [2.75, 3.05) is 19.6 Å². The third-order valence-electron chi connectivity index (χ3n) is 3.13. The molecule has 0 bridgehead atoms. The molecule has 3 heterocycles. The Morgan fingerprint density at radius 2 is 2.47 bits per heavy atom. The average Bonchev–Trinajstić information content (AvgIpc) is 2.88. The minimum atomic E-state index is 0.113. The molecule has 2 aromatic rings. The van der Waals surface area contributed by atoms with E-state index in [2.05, 4.69) is 17.2 Å². The molecular weight excluding hydrogens is 234 g/mol. The molecule has 2 N–H and O–H groups in total. The first-order valence-corrected chi connectivity index (χ1v) is 6.71. The normalized spacial score (nSPS) is 21.0. The molecule has 0 saturated carbocycles. The van der Waals surface area contributed by atoms with E-state index >= 15 is 0 Å². The first-order chi connectivity index (χ1) is 8.24. The van der Waals surface area contributed by atoms with Gasteiger partial charge in [-0.25, -0.2) is 0 Å². The first kappa shape index (κ1) is 10.8. The van der Waals surface area contributed by atoms with Gasteiger partial charge in [0.2, 0.25) is 0 Å². The Bertz CT molecular complexity index is 516. The second-order valence-electron chi connectivity index (χ2n) is 4.49. The Labute approximate surface area is 104 Å². The van der Waals surface area contributed by atoms with Gasteiger partial charge in [-0.05, 0) is 24.4 Å². The van der Waals surface area contributed by atoms with Crippen LogP contribution in [0.2, 0.25) is 0 Å². The Hall–Kier alpha value is -1.33. The number of carbonyl (C=O) groups is 1. The molecule has 17 heavy (non-hydrogen) atoms. The zero-order chi connectivity index (χ0) is 11.8. The Kier molecular flexibility index (Phi) is 2.64. The highest BCUT2D eigenvalue weighted by molar-refractivity contribution is 7.17. The van der Waals surface area contributed by atoms with Gasteiger partial charge in [0.25, 0.3) is 5.91 Å². The van der Waals surface area contributed by atoms with E-state index in [-0.39, 0.29) is 5.91 Å². The smallest absolute Gasteiger partial charge is 0.270 e. The van der Waals surface area contributed by atoms with Crippen molar-refractivity contribution >= 4 is 27.5 Å². The molecule has 2 aromatic heterocycles. The predicted molar refractivity (Wildman–Crippen MR) is 69.5 cm³/mol. The van der Waals surface area contributed by atoms with Crippen molar-refractivity contribution in [1.82, 2.24) is 15.2 Å². The molecule has 1 aliphatic rings. The summed E-state index contributed by atoms with van der Waals surface area (Å²) in [4.78, 5) is 17.4. The van der Waals surface area contributed by atoms with Crippen molar-refractivity contribution in [2.45, 2.75) is 13.0 Å². The Morgan fingerprint density at radius 1 is 1.59 bits per heavy atom. The zero-order valence-electron chi connectivity index (χ0n) is 9.69. The summed E-state index contributed by atoms with van der Waals surface area (Å²) >= 11 is 1.66. The van der Waals surface area contributed by atoms with Crippen molar-refractivity contribution in [3.8, 4) is 0 Å². The van der Waals surface area contributed by atoms with Crippen LogP contribution in [0.15, 0.2) is 17.5 Å². The van der Waals surface area contributed by atoms with E-state index in [0.717, 1.165) is 29.9 Å². The number of fused-ring (bicyclic) bond motifs is 1. The predicted octanol–water partition coefficient (Wildman–Crippen LogP) is 1.66. The van der Waals surface area contributed by atoms with Crippen LogP contribution >= 0.6 is 11.3 Å². The van der Waals surface area contributed by atoms with Crippen LogP contribution in [0.25, 0.3) is 10.2 Å². The van der Waals surface area contributed by atoms with Crippen LogP contribution < -0.4 is 5.32 Å². The van der Waals surface area contributed by atoms with Crippen molar-refractivity contribution in [2.24, 2.45) is 0 Å². The number of hydrogen-bond acceptors (Lipinski definition) is 3. The molecule has 1 unspecified atom stereocenters. The number of nitrogens with zero attached hydrogens (tertiary/aromatic N) is 1. The van der Waals surface area contributed by atoms with E-state index in [0.29, 0.717) is 11.7 Å². The number of hydrogen-bond donors (Lipinski definition) is 2. The summed E-state index contributed by atoms with van der Waals surface area (Å²) in [5.41, 5.74) is 1.77. The molecule has 5 heteroatoms. The maximum Gasteiger partial charge on any atom is 0.270 e. The van der Waals surface area contributed by atoms with Crippen LogP contribution in [0.4, 0.5) is 0 Å². The fraction of sp³-hybridized carbons (Fsp3) is 0.417. The number of aromatic nitrogens is 1. The molecule has 1 saturated heterocycles. The van der Waals surface area contributed by atoms with Crippen molar-refractivity contribution in [3.63, 3.8) is 0 Å². The second-order valence-corrected chi connectivity index (χ2v) is 5.44. The number of aromatic amines is 1. The van der Waals surface area contributed by atoms with Gasteiger partial charge in [0.1, 0.15) is 5.69 Å². The number of rotatable bonds is 1. The highest BCUT2D eigenvalue weighted by atomic mass is 32.1. The molecule has 1 fully saturated rings. The highest BCUT2D eigenvalue weighted by Crippen LogP contribution is 2.22. The minimum absolute atomic E-state index is 0.113. The van der Waals surface area contributed by atoms with Crippen LogP contribution in [0.5, 0.6) is 0 Å². The topological polar surface area (TPSA) is 48.1 Å². The lowest BCUT2D eigenvalue weighted by Gasteiger charge is -2.31. The summed E-state index contributed by atoms with van der Waals surface area (Å²) in [5.74, 6) is 0.113. The van der Waals surface area contributed by atoms with Gasteiger partial charge in [0.15, 0.2) is 0 Å². The van der Waals surface area contributed by atoms with Crippen LogP contribution in [-0.4, -0.2) is 41.5 Å². The van der Waals surface area contributed by atoms with E-state index in [4.69, 9.17) is 0 Å². The van der Waals surface area contributed by atoms with Crippen molar-refractivity contribution in [3.05, 3.63) is 23.2 Å². The standard InChI is InChI=1S/C12H15N3OS/c1-8-7-15(4-3-13-8)12(16)10-6-11-9(14-10)2-5-17-11/h2,5-6,8,13-14H,3-4,7H2,1H3. The van der Waals surface area contributed by atoms with Gasteiger partial charge in [0.05, 0.1) is 10.2 Å². The number of piperazine rings is 1. The second kappa shape index (κ2) is 4.16. The minimum Gasteiger partial charge on any atom is -0.350 e. The van der Waals surface area contributed by atoms with Gasteiger partial charge in [-0.1, -0.05) is 0 Å². The van der Waals surface area contributed by atoms with E-state index in [1.807, 2.05) is 22.4 Å². The first-order valence-electron chi connectivity index (χ1n) is 5.83. The third-order valence-corrected chi connectivity index (χ3v) is 3.99. The lowest BCUT2D eigenvalue weighted by atomic mass is 10.2. The summed E-state index contributed by atoms with van der Waals surface area (Å²) in [6, 6.07) is 4.34. The van der Waals surface area contributed by atoms with Crippen LogP contribution in [0, 0.1) is 0 Å². The third kappa shape index (κ3) is 1.96. The molecule has 0 spiro atoms. The van der Waals surface area contributed by atoms with Crippen LogP contribution in [-0.2, 0) is 0 Å². The van der Waals surface area contributed by atoms with Crippen molar-refractivity contribution < 1.29 is 4.79 Å². The van der Waals surface area contributed by atoms with Gasteiger partial charge in [0, 0.05) is 25.7 Å². The quantitative estimate of drug-likeness (QED) is 0.807. The molecule has 0 aliphatic carbocycles. The maximum atomic E-state index is 12.3. The van der Waals surface area contributed by atoms with Gasteiger partial charge in [-0.15, -0.1) is 11.3 Å². The largest absolute Gasteiger partial charge is 0.350 e. The fourth-order valence-corrected chi connectivity index (χ4v) is 3.03. The van der Waals surface area contributed by atoms with Gasteiger partial charge < -0.3 is 15.2 Å². The Morgan fingerprint density at radius 3 is 3.24 bits per heavy atom. The Balaban J connectivity index is 1.83. The number of amides is 1. The van der Waals surface area contributed by atoms with Gasteiger partial charge in [-0.2, -0.15) is 0 Å². The number of nitrogens with one attached hydrogen (secondary N) is 2. The van der Waals surface area contributed by atoms with E-state index in [1.165, 1.54) is 0 Å². The summed E-state index contributed by atoms with van der Waals surface area (Å²) in [6.07, 6.45) is 0. The molecule has 90 valence electrons. The molecule has 1 aliphatic heterocycles. The molecular formula is C12H15N3OS. The van der Waals surface area contributed by atoms with Crippen LogP contribution in [0.3, 0.4) is 0 Å². The summed E-state index contributed by atoms with van der Waals surface area (Å²) in [5, 5.41) is 5.37. The molecule has 1 atom stereocenters. The molecule has 4 nitrogen and oxygen atoms in total. The van der Waals surface area contributed by atoms with Gasteiger partial charge in [-0.3, -0.25) is 4.79 Å². The van der Waals surface area contributed by atoms with E-state index in [1.54, 1.807) is 11.3 Å². The number of H-pyrrole nitrogens is 1. The summed E-state index contributed by atoms with van der Waals surface area (Å²) in [7, 11) is 0. The van der Waals surface area contributed by atoms with E-state index < -0.39 is 0 Å². The SMILES string of the molecule is CC1CN(C(=O)c2cc3sccc3[nH]2)CCN1. The zero-order valence-corrected chi connectivity index (χ0v) is 10.5. The number of thiophene rings is 1. The maximum absolute atomic E-state index is 12.3. The fourth-order valence-electron chi connectivity index (χ4n) is 2.25. The van der Waals surface area contributed by atoms with Crippen LogP contribution in [0.1, 0.15) is 17.4 Å². The highest BCUT2D eigenvalue weighted by Gasteiger charge is 2.22. The lowest BCUT2D eigenvalue weighted by Crippen LogP contribution is -2.51. The van der Waals surface area contributed by atoms with Gasteiger partial charge >= 0.3 is 0 Å².